The molecule has 0 aromatic heterocycles. The molecule has 0 N–H and O–H groups in total. The third-order valence-electron chi connectivity index (χ3n) is 7.65. The summed E-state index contributed by atoms with van der Waals surface area (Å²) in [4.78, 5) is -0.581. The van der Waals surface area contributed by atoms with E-state index in [1.165, 1.54) is 12.1 Å². The Morgan fingerprint density at radius 3 is 1.20 bits per heavy atom. The zero-order valence-corrected chi connectivity index (χ0v) is 30.3. The minimum Gasteiger partial charge on any atom is -0.744 e. The average Bonchev–Trinajstić information content (AvgIpc) is 2.95. The zero-order chi connectivity index (χ0) is 29.8. The quantitative estimate of drug-likeness (QED) is 0.209. The predicted octanol–water partition coefficient (Wildman–Crippen LogP) is 1.43. The van der Waals surface area contributed by atoms with Crippen molar-refractivity contribution in [3.8, 4) is 33.4 Å². The molecule has 0 amide bonds. The summed E-state index contributed by atoms with van der Waals surface area (Å²) in [7, 11) is -9.46. The number of hydrogen-bond acceptors (Lipinski definition) is 6. The van der Waals surface area contributed by atoms with Gasteiger partial charge >= 0.3 is 59.1 Å². The molecule has 0 aliphatic heterocycles. The van der Waals surface area contributed by atoms with Gasteiger partial charge in [0.25, 0.3) is 0 Å². The van der Waals surface area contributed by atoms with Crippen LogP contribution in [0.15, 0.2) is 119 Å². The first-order chi connectivity index (χ1) is 19.9. The molecule has 0 aliphatic carbocycles. The Hall–Kier alpha value is -2.34. The Balaban J connectivity index is 0.00000221. The second-order valence-electron chi connectivity index (χ2n) is 10.3. The van der Waals surface area contributed by atoms with Gasteiger partial charge in [-0.05, 0) is 92.0 Å². The van der Waals surface area contributed by atoms with Crippen LogP contribution in [0.4, 0.5) is 0 Å². The van der Waals surface area contributed by atoms with E-state index in [1.807, 2.05) is 72.8 Å². The summed E-state index contributed by atoms with van der Waals surface area (Å²) >= 11 is 0. The predicted molar refractivity (Wildman–Crippen MR) is 163 cm³/mol. The summed E-state index contributed by atoms with van der Waals surface area (Å²) in [5, 5.41) is 3.63. The molecule has 0 radical (unpaired) electrons. The summed E-state index contributed by atoms with van der Waals surface area (Å²) in [6, 6.07) is 32.9. The van der Waals surface area contributed by atoms with E-state index >= 15 is 0 Å². The monoisotopic (exact) mass is 638 g/mol. The van der Waals surface area contributed by atoms with Crippen LogP contribution in [0.3, 0.4) is 0 Å². The molecule has 6 nitrogen and oxygen atoms in total. The minimum atomic E-state index is -4.73. The van der Waals surface area contributed by atoms with Gasteiger partial charge in [0.2, 0.25) is 0 Å². The molecule has 0 heterocycles. The maximum absolute atomic E-state index is 12.1. The van der Waals surface area contributed by atoms with E-state index in [-0.39, 0.29) is 68.9 Å². The molecule has 6 aromatic rings. The summed E-state index contributed by atoms with van der Waals surface area (Å²) in [6.07, 6.45) is 0. The van der Waals surface area contributed by atoms with Crippen LogP contribution in [-0.4, -0.2) is 25.9 Å². The van der Waals surface area contributed by atoms with Gasteiger partial charge in [0, 0.05) is 0 Å². The molecule has 0 saturated heterocycles. The Morgan fingerprint density at radius 2 is 0.841 bits per heavy atom. The first-order valence-electron chi connectivity index (χ1n) is 13.1. The Morgan fingerprint density at radius 1 is 0.477 bits per heavy atom. The maximum atomic E-state index is 12.1. The molecular formula is C34H24Na2O6S2. The number of aryl methyl sites for hydroxylation is 2. The molecular weight excluding hydrogens is 614 g/mol. The van der Waals surface area contributed by atoms with Gasteiger partial charge in [0.05, 0.1) is 9.79 Å². The molecule has 0 spiro atoms. The molecule has 6 aromatic carbocycles. The number of hydrogen-bond donors (Lipinski definition) is 0. The van der Waals surface area contributed by atoms with Crippen LogP contribution < -0.4 is 59.1 Å². The smallest absolute Gasteiger partial charge is 0.744 e. The molecule has 10 heteroatoms. The zero-order valence-electron chi connectivity index (χ0n) is 24.7. The Bertz CT molecular complexity index is 2120. The maximum Gasteiger partial charge on any atom is 1.00 e. The van der Waals surface area contributed by atoms with Crippen molar-refractivity contribution in [2.24, 2.45) is 0 Å². The molecule has 0 unspecified atom stereocenters. The topological polar surface area (TPSA) is 114 Å². The van der Waals surface area contributed by atoms with Gasteiger partial charge in [-0.15, -0.1) is 0 Å². The molecule has 0 atom stereocenters. The summed E-state index contributed by atoms with van der Waals surface area (Å²) in [5.41, 5.74) is 4.75. The van der Waals surface area contributed by atoms with E-state index in [1.54, 1.807) is 38.1 Å². The van der Waals surface area contributed by atoms with Gasteiger partial charge in [-0.2, -0.15) is 0 Å². The Labute approximate surface area is 301 Å². The molecule has 6 rings (SSSR count). The van der Waals surface area contributed by atoms with Crippen molar-refractivity contribution < 1.29 is 85.1 Å². The van der Waals surface area contributed by atoms with Crippen LogP contribution in [0.5, 0.6) is 0 Å². The van der Waals surface area contributed by atoms with E-state index < -0.39 is 20.2 Å². The van der Waals surface area contributed by atoms with Gasteiger partial charge in [-0.25, -0.2) is 16.8 Å². The van der Waals surface area contributed by atoms with Gasteiger partial charge in [0.1, 0.15) is 20.2 Å². The standard InChI is InChI=1S/C34H26O6S2.2Na/c1-21-11-13-25(19-31(21)41(35,36)37)29-17-15-23-7-3-5-9-27(23)33(29)34-28-10-6-4-8-24(28)16-18-30(34)26-14-12-22(2)32(20-26)42(38,39)40;;/h3-20H,1-2H3,(H,35,36,37)(H,38,39,40);;/q;2*+1/p-2. The van der Waals surface area contributed by atoms with Crippen molar-refractivity contribution in [3.05, 3.63) is 120 Å². The molecule has 0 saturated carbocycles. The molecule has 0 fully saturated rings. The van der Waals surface area contributed by atoms with Crippen LogP contribution in [0, 0.1) is 13.8 Å². The van der Waals surface area contributed by atoms with Gasteiger partial charge in [-0.3, -0.25) is 0 Å². The molecule has 0 bridgehead atoms. The number of fused-ring (bicyclic) bond motifs is 2. The van der Waals surface area contributed by atoms with E-state index in [0.29, 0.717) is 33.4 Å². The van der Waals surface area contributed by atoms with Crippen molar-refractivity contribution in [2.45, 2.75) is 23.6 Å². The van der Waals surface area contributed by atoms with E-state index in [4.69, 9.17) is 0 Å². The van der Waals surface area contributed by atoms with E-state index in [2.05, 4.69) is 0 Å². The third kappa shape index (κ3) is 6.48. The fraction of sp³-hybridized carbons (Fsp3) is 0.0588. The first-order valence-corrected chi connectivity index (χ1v) is 15.9. The molecule has 210 valence electrons. The van der Waals surface area contributed by atoms with Crippen molar-refractivity contribution >= 4 is 41.8 Å². The second-order valence-corrected chi connectivity index (χ2v) is 13.0. The summed E-state index contributed by atoms with van der Waals surface area (Å²) < 4.78 is 72.8. The Kier molecular flexibility index (Phi) is 10.3. The van der Waals surface area contributed by atoms with Crippen LogP contribution in [0.1, 0.15) is 11.1 Å². The van der Waals surface area contributed by atoms with Crippen LogP contribution in [-0.2, 0) is 20.2 Å². The van der Waals surface area contributed by atoms with Gasteiger partial charge < -0.3 is 9.11 Å². The first kappa shape index (κ1) is 34.5. The summed E-state index contributed by atoms with van der Waals surface area (Å²) in [6.45, 7) is 3.16. The molecule has 44 heavy (non-hydrogen) atoms. The van der Waals surface area contributed by atoms with Gasteiger partial charge in [0.15, 0.2) is 0 Å². The second kappa shape index (κ2) is 13.2. The van der Waals surface area contributed by atoms with Crippen molar-refractivity contribution in [2.75, 3.05) is 0 Å². The average molecular weight is 639 g/mol. The SMILES string of the molecule is Cc1ccc(-c2ccc3ccccc3c2-c2c(-c3ccc(C)c(S(=O)(=O)[O-])c3)ccc3ccccc23)cc1S(=O)(=O)[O-].[Na+].[Na+]. The van der Waals surface area contributed by atoms with Crippen molar-refractivity contribution in [3.63, 3.8) is 0 Å². The largest absolute Gasteiger partial charge is 1.00 e. The van der Waals surface area contributed by atoms with Crippen LogP contribution in [0.2, 0.25) is 0 Å². The minimum absolute atomic E-state index is 0. The molecule has 0 aliphatic rings. The van der Waals surface area contributed by atoms with E-state index in [0.717, 1.165) is 32.7 Å². The van der Waals surface area contributed by atoms with Crippen molar-refractivity contribution in [1.29, 1.82) is 0 Å². The normalized spacial score (nSPS) is 11.6. The van der Waals surface area contributed by atoms with E-state index in [9.17, 15) is 25.9 Å². The summed E-state index contributed by atoms with van der Waals surface area (Å²) in [5.74, 6) is 0. The van der Waals surface area contributed by atoms with Crippen molar-refractivity contribution in [1.82, 2.24) is 0 Å². The number of benzene rings is 6. The van der Waals surface area contributed by atoms with Crippen LogP contribution in [0.25, 0.3) is 54.9 Å². The van der Waals surface area contributed by atoms with Crippen LogP contribution >= 0.6 is 0 Å². The van der Waals surface area contributed by atoms with Gasteiger partial charge in [-0.1, -0.05) is 97.1 Å². The fourth-order valence-corrected chi connectivity index (χ4v) is 7.10. The number of rotatable bonds is 5. The third-order valence-corrected chi connectivity index (χ3v) is 9.60. The fourth-order valence-electron chi connectivity index (χ4n) is 5.64.